The molecule has 0 spiro atoms. The molecule has 1 unspecified atom stereocenters. The Balaban J connectivity index is 1.64. The second-order valence-corrected chi connectivity index (χ2v) is 6.69. The van der Waals surface area contributed by atoms with Crippen molar-refractivity contribution in [1.29, 1.82) is 0 Å². The monoisotopic (exact) mass is 351 g/mol. The van der Waals surface area contributed by atoms with Crippen molar-refractivity contribution in [2.45, 2.75) is 37.8 Å². The summed E-state index contributed by atoms with van der Waals surface area (Å²) in [5, 5.41) is 0.566. The molecule has 1 aromatic carbocycles. The standard InChI is InChI=1S/C17H22ClN3O3/c18-13-6-1-2-8-15(13)24-12-5-3-9-20(11-12)16(22)14-7-4-10-21(14)17(19)23/h1-2,6,8,12,14H,3-5,7,9-11H2,(H2,19,23)/t12?,14-/m0/s1. The van der Waals surface area contributed by atoms with E-state index >= 15 is 0 Å². The summed E-state index contributed by atoms with van der Waals surface area (Å²) in [5.41, 5.74) is 5.38. The lowest BCUT2D eigenvalue weighted by Crippen LogP contribution is -2.53. The van der Waals surface area contributed by atoms with Gasteiger partial charge in [0.1, 0.15) is 17.9 Å². The van der Waals surface area contributed by atoms with E-state index in [-0.39, 0.29) is 12.0 Å². The highest BCUT2D eigenvalue weighted by atomic mass is 35.5. The first kappa shape index (κ1) is 16.9. The van der Waals surface area contributed by atoms with Crippen molar-refractivity contribution in [2.75, 3.05) is 19.6 Å². The van der Waals surface area contributed by atoms with Gasteiger partial charge in [0, 0.05) is 13.1 Å². The Kier molecular flexibility index (Phi) is 5.14. The molecule has 2 fully saturated rings. The summed E-state index contributed by atoms with van der Waals surface area (Å²) in [7, 11) is 0. The minimum Gasteiger partial charge on any atom is -0.487 e. The number of halogens is 1. The van der Waals surface area contributed by atoms with Gasteiger partial charge in [-0.15, -0.1) is 0 Å². The molecule has 3 amide bonds. The molecular formula is C17H22ClN3O3. The fraction of sp³-hybridized carbons (Fsp3) is 0.529. The van der Waals surface area contributed by atoms with E-state index in [1.54, 1.807) is 11.0 Å². The van der Waals surface area contributed by atoms with Gasteiger partial charge in [-0.1, -0.05) is 23.7 Å². The number of hydrogen-bond donors (Lipinski definition) is 1. The first-order valence-corrected chi connectivity index (χ1v) is 8.70. The van der Waals surface area contributed by atoms with E-state index in [4.69, 9.17) is 22.1 Å². The molecule has 24 heavy (non-hydrogen) atoms. The Morgan fingerprint density at radius 1 is 1.17 bits per heavy atom. The average Bonchev–Trinajstić information content (AvgIpc) is 3.06. The van der Waals surface area contributed by atoms with Crippen molar-refractivity contribution in [3.8, 4) is 5.75 Å². The first-order chi connectivity index (χ1) is 11.6. The van der Waals surface area contributed by atoms with Crippen molar-refractivity contribution in [3.63, 3.8) is 0 Å². The summed E-state index contributed by atoms with van der Waals surface area (Å²) in [5.74, 6) is 0.608. The molecule has 130 valence electrons. The van der Waals surface area contributed by atoms with Gasteiger partial charge in [-0.25, -0.2) is 4.79 Å². The van der Waals surface area contributed by atoms with Gasteiger partial charge in [-0.05, 0) is 37.8 Å². The SMILES string of the molecule is NC(=O)N1CCC[C@H]1C(=O)N1CCCC(Oc2ccccc2Cl)C1. The third-order valence-corrected chi connectivity index (χ3v) is 4.95. The molecule has 0 radical (unpaired) electrons. The smallest absolute Gasteiger partial charge is 0.315 e. The Hall–Kier alpha value is -1.95. The van der Waals surface area contributed by atoms with Gasteiger partial charge in [0.2, 0.25) is 5.91 Å². The molecule has 7 heteroatoms. The first-order valence-electron chi connectivity index (χ1n) is 8.32. The zero-order chi connectivity index (χ0) is 17.1. The fourth-order valence-corrected chi connectivity index (χ4v) is 3.63. The Bertz CT molecular complexity index is 625. The minimum atomic E-state index is -0.522. The van der Waals surface area contributed by atoms with Gasteiger partial charge in [-0.2, -0.15) is 0 Å². The molecule has 0 aromatic heterocycles. The number of benzene rings is 1. The van der Waals surface area contributed by atoms with Crippen LogP contribution in [0.1, 0.15) is 25.7 Å². The highest BCUT2D eigenvalue weighted by Gasteiger charge is 2.37. The van der Waals surface area contributed by atoms with Crippen LogP contribution < -0.4 is 10.5 Å². The highest BCUT2D eigenvalue weighted by Crippen LogP contribution is 2.27. The molecule has 2 heterocycles. The molecule has 2 N–H and O–H groups in total. The Morgan fingerprint density at radius 2 is 1.92 bits per heavy atom. The van der Waals surface area contributed by atoms with E-state index in [0.717, 1.165) is 19.3 Å². The summed E-state index contributed by atoms with van der Waals surface area (Å²) in [4.78, 5) is 27.5. The van der Waals surface area contributed by atoms with Crippen molar-refractivity contribution in [3.05, 3.63) is 29.3 Å². The maximum Gasteiger partial charge on any atom is 0.315 e. The molecule has 3 rings (SSSR count). The summed E-state index contributed by atoms with van der Waals surface area (Å²) < 4.78 is 5.97. The molecule has 2 atom stereocenters. The number of primary amides is 1. The van der Waals surface area contributed by atoms with Gasteiger partial charge in [0.15, 0.2) is 0 Å². The number of ether oxygens (including phenoxy) is 1. The zero-order valence-electron chi connectivity index (χ0n) is 13.5. The molecule has 1 aromatic rings. The number of urea groups is 1. The van der Waals surface area contributed by atoms with Crippen LogP contribution in [-0.2, 0) is 4.79 Å². The van der Waals surface area contributed by atoms with E-state index in [1.807, 2.05) is 18.2 Å². The molecule has 2 aliphatic heterocycles. The quantitative estimate of drug-likeness (QED) is 0.907. The minimum absolute atomic E-state index is 0.0289. The van der Waals surface area contributed by atoms with Crippen LogP contribution >= 0.6 is 11.6 Å². The van der Waals surface area contributed by atoms with Crippen LogP contribution in [0, 0.1) is 0 Å². The van der Waals surface area contributed by atoms with Crippen molar-refractivity contribution in [2.24, 2.45) is 5.73 Å². The van der Waals surface area contributed by atoms with E-state index in [2.05, 4.69) is 0 Å². The number of amides is 3. The number of nitrogens with two attached hydrogens (primary N) is 1. The average molecular weight is 352 g/mol. The van der Waals surface area contributed by atoms with Gasteiger partial charge >= 0.3 is 6.03 Å². The predicted molar refractivity (Wildman–Crippen MR) is 91.0 cm³/mol. The van der Waals surface area contributed by atoms with Crippen LogP contribution in [-0.4, -0.2) is 53.5 Å². The summed E-state index contributed by atoms with van der Waals surface area (Å²) in [6.07, 6.45) is 3.13. The lowest BCUT2D eigenvalue weighted by molar-refractivity contribution is -0.137. The van der Waals surface area contributed by atoms with Crippen molar-refractivity contribution < 1.29 is 14.3 Å². The van der Waals surface area contributed by atoms with Gasteiger partial charge < -0.3 is 20.3 Å². The number of rotatable bonds is 3. The number of likely N-dealkylation sites (tertiary alicyclic amines) is 2. The number of para-hydroxylation sites is 1. The van der Waals surface area contributed by atoms with E-state index < -0.39 is 12.1 Å². The third kappa shape index (κ3) is 3.59. The summed E-state index contributed by atoms with van der Waals surface area (Å²) in [6.45, 7) is 1.75. The van der Waals surface area contributed by atoms with Gasteiger partial charge in [0.25, 0.3) is 0 Å². The van der Waals surface area contributed by atoms with Gasteiger partial charge in [0.05, 0.1) is 11.6 Å². The Morgan fingerprint density at radius 3 is 2.67 bits per heavy atom. The molecule has 6 nitrogen and oxygen atoms in total. The zero-order valence-corrected chi connectivity index (χ0v) is 14.2. The molecule has 2 saturated heterocycles. The second-order valence-electron chi connectivity index (χ2n) is 6.29. The van der Waals surface area contributed by atoms with Crippen LogP contribution in [0.4, 0.5) is 4.79 Å². The van der Waals surface area contributed by atoms with Gasteiger partial charge in [-0.3, -0.25) is 4.79 Å². The number of carbonyl (C=O) groups excluding carboxylic acids is 2. The number of nitrogens with zero attached hydrogens (tertiary/aromatic N) is 2. The maximum absolute atomic E-state index is 12.8. The molecule has 0 bridgehead atoms. The van der Waals surface area contributed by atoms with Crippen LogP contribution in [0.25, 0.3) is 0 Å². The van der Waals surface area contributed by atoms with Crippen LogP contribution in [0.15, 0.2) is 24.3 Å². The highest BCUT2D eigenvalue weighted by molar-refractivity contribution is 6.32. The fourth-order valence-electron chi connectivity index (χ4n) is 3.45. The van der Waals surface area contributed by atoms with Crippen molar-refractivity contribution in [1.82, 2.24) is 9.80 Å². The summed E-state index contributed by atoms with van der Waals surface area (Å²) >= 11 is 6.14. The second kappa shape index (κ2) is 7.30. The summed E-state index contributed by atoms with van der Waals surface area (Å²) in [6, 6.07) is 6.38. The maximum atomic E-state index is 12.8. The molecular weight excluding hydrogens is 330 g/mol. The molecule has 0 saturated carbocycles. The van der Waals surface area contributed by atoms with Crippen molar-refractivity contribution >= 4 is 23.5 Å². The molecule has 2 aliphatic rings. The number of carbonyl (C=O) groups is 2. The largest absolute Gasteiger partial charge is 0.487 e. The van der Waals surface area contributed by atoms with Crippen LogP contribution in [0.3, 0.4) is 0 Å². The van der Waals surface area contributed by atoms with E-state index in [9.17, 15) is 9.59 Å². The van der Waals surface area contributed by atoms with Crippen LogP contribution in [0.2, 0.25) is 5.02 Å². The Labute approximate surface area is 146 Å². The van der Waals surface area contributed by atoms with Crippen LogP contribution in [0.5, 0.6) is 5.75 Å². The molecule has 0 aliphatic carbocycles. The number of piperidine rings is 1. The lowest BCUT2D eigenvalue weighted by atomic mass is 10.1. The topological polar surface area (TPSA) is 75.9 Å². The predicted octanol–water partition coefficient (Wildman–Crippen LogP) is 2.25. The normalized spacial score (nSPS) is 24.0. The third-order valence-electron chi connectivity index (χ3n) is 4.64. The lowest BCUT2D eigenvalue weighted by Gasteiger charge is -2.36. The van der Waals surface area contributed by atoms with E-state index in [0.29, 0.717) is 36.8 Å². The number of hydrogen-bond acceptors (Lipinski definition) is 3. The van der Waals surface area contributed by atoms with E-state index in [1.165, 1.54) is 4.90 Å².